The lowest BCUT2D eigenvalue weighted by Crippen LogP contribution is -2.55. The Kier molecular flexibility index (Phi) is 7.84. The Hall–Kier alpha value is -4.06. The van der Waals surface area contributed by atoms with Crippen molar-refractivity contribution in [1.29, 1.82) is 0 Å². The number of hydrogen-bond acceptors (Lipinski definition) is 4. The van der Waals surface area contributed by atoms with E-state index >= 15 is 4.39 Å². The molecule has 40 heavy (non-hydrogen) atoms. The summed E-state index contributed by atoms with van der Waals surface area (Å²) in [4.78, 5) is 28.7. The van der Waals surface area contributed by atoms with Crippen molar-refractivity contribution in [2.75, 3.05) is 30.4 Å². The van der Waals surface area contributed by atoms with E-state index in [1.54, 1.807) is 4.90 Å². The molecule has 2 atom stereocenters. The van der Waals surface area contributed by atoms with Crippen LogP contribution in [0.2, 0.25) is 0 Å². The minimum Gasteiger partial charge on any atom is -0.367 e. The first-order chi connectivity index (χ1) is 18.7. The van der Waals surface area contributed by atoms with Crippen molar-refractivity contribution in [3.8, 4) is 11.1 Å². The maximum Gasteiger partial charge on any atom is 0.417 e. The molecule has 1 heterocycles. The second kappa shape index (κ2) is 10.8. The average molecular weight is 565 g/mol. The summed E-state index contributed by atoms with van der Waals surface area (Å²) in [5, 5.41) is 2.43. The van der Waals surface area contributed by atoms with Crippen molar-refractivity contribution in [3.05, 3.63) is 82.7 Å². The molecule has 6 nitrogen and oxygen atoms in total. The van der Waals surface area contributed by atoms with Gasteiger partial charge in [-0.1, -0.05) is 6.07 Å². The number of rotatable bonds is 5. The van der Waals surface area contributed by atoms with Gasteiger partial charge >= 0.3 is 6.18 Å². The standard InChI is InChI=1S/C28H26F6N4O2/c1-14-12-38(13-15(2)37(14)3)25-11-23(31)19(16-4-7-22(30)20(8-16)26(35)39)10-24(25)36-27(40)18-6-5-17(29)9-21(18)28(32,33)34/h4-11,14-15H,12-13H2,1-3H3,(H2,35,39)(H,36,40)/t14-,15?/m0/s1. The number of carbonyl (C=O) groups is 2. The van der Waals surface area contributed by atoms with Crippen LogP contribution in [0.15, 0.2) is 48.5 Å². The third-order valence-electron chi connectivity index (χ3n) is 7.11. The minimum atomic E-state index is -5.02. The lowest BCUT2D eigenvalue weighted by molar-refractivity contribution is -0.138. The van der Waals surface area contributed by atoms with Gasteiger partial charge in [-0.2, -0.15) is 13.2 Å². The summed E-state index contributed by atoms with van der Waals surface area (Å²) >= 11 is 0. The fourth-order valence-electron chi connectivity index (χ4n) is 4.77. The van der Waals surface area contributed by atoms with Crippen LogP contribution < -0.4 is 16.0 Å². The number of carbonyl (C=O) groups excluding carboxylic acids is 2. The van der Waals surface area contributed by atoms with E-state index in [1.165, 1.54) is 12.1 Å². The minimum absolute atomic E-state index is 0.0131. The van der Waals surface area contributed by atoms with Crippen molar-refractivity contribution < 1.29 is 35.9 Å². The van der Waals surface area contributed by atoms with Gasteiger partial charge in [-0.05, 0) is 68.9 Å². The Balaban J connectivity index is 1.85. The molecule has 0 radical (unpaired) electrons. The first-order valence-electron chi connectivity index (χ1n) is 12.3. The van der Waals surface area contributed by atoms with Crippen LogP contribution in [0.4, 0.5) is 37.7 Å². The molecule has 3 aromatic rings. The second-order valence-electron chi connectivity index (χ2n) is 9.82. The van der Waals surface area contributed by atoms with Crippen molar-refractivity contribution in [2.45, 2.75) is 32.1 Å². The molecule has 1 saturated heterocycles. The number of alkyl halides is 3. The molecule has 0 saturated carbocycles. The number of amides is 2. The van der Waals surface area contributed by atoms with E-state index in [-0.39, 0.29) is 40.7 Å². The van der Waals surface area contributed by atoms with E-state index in [1.807, 2.05) is 20.9 Å². The summed E-state index contributed by atoms with van der Waals surface area (Å²) in [6, 6.07) is 7.20. The summed E-state index contributed by atoms with van der Waals surface area (Å²) in [5.41, 5.74) is 2.48. The number of anilines is 2. The molecule has 212 valence electrons. The molecular weight excluding hydrogens is 538 g/mol. The van der Waals surface area contributed by atoms with Crippen LogP contribution in [0.5, 0.6) is 0 Å². The van der Waals surface area contributed by atoms with E-state index in [2.05, 4.69) is 10.2 Å². The van der Waals surface area contributed by atoms with Crippen molar-refractivity contribution in [2.24, 2.45) is 5.73 Å². The topological polar surface area (TPSA) is 78.7 Å². The summed E-state index contributed by atoms with van der Waals surface area (Å²) < 4.78 is 84.1. The van der Waals surface area contributed by atoms with Gasteiger partial charge in [0.25, 0.3) is 11.8 Å². The highest BCUT2D eigenvalue weighted by atomic mass is 19.4. The SMILES string of the molecule is CC1CN(c2cc(F)c(-c3ccc(F)c(C(N)=O)c3)cc2NC(=O)c2ccc(F)cc2C(F)(F)F)C[C@H](C)N1C. The van der Waals surface area contributed by atoms with E-state index in [0.717, 1.165) is 30.3 Å². The summed E-state index contributed by atoms with van der Waals surface area (Å²) in [7, 11) is 1.93. The molecular formula is C28H26F6N4O2. The van der Waals surface area contributed by atoms with Gasteiger partial charge in [-0.25, -0.2) is 13.2 Å². The number of benzene rings is 3. The van der Waals surface area contributed by atoms with Crippen LogP contribution in [-0.2, 0) is 6.18 Å². The predicted molar refractivity (Wildman–Crippen MR) is 139 cm³/mol. The molecule has 0 bridgehead atoms. The number of nitrogens with two attached hydrogens (primary N) is 1. The molecule has 0 spiro atoms. The van der Waals surface area contributed by atoms with E-state index < -0.39 is 52.1 Å². The molecule has 1 aliphatic rings. The fraction of sp³-hybridized carbons (Fsp3) is 0.286. The van der Waals surface area contributed by atoms with Gasteiger partial charge < -0.3 is 16.0 Å². The van der Waals surface area contributed by atoms with Crippen LogP contribution in [0.1, 0.15) is 40.1 Å². The molecule has 3 N–H and O–H groups in total. The van der Waals surface area contributed by atoms with Gasteiger partial charge in [-0.3, -0.25) is 14.5 Å². The Morgan fingerprint density at radius 1 is 0.900 bits per heavy atom. The predicted octanol–water partition coefficient (Wildman–Crippen LogP) is 5.67. The van der Waals surface area contributed by atoms with Crippen molar-refractivity contribution >= 4 is 23.2 Å². The first-order valence-corrected chi connectivity index (χ1v) is 12.3. The Labute approximate surface area is 226 Å². The quantitative estimate of drug-likeness (QED) is 0.392. The van der Waals surface area contributed by atoms with Crippen LogP contribution in [0.3, 0.4) is 0 Å². The zero-order chi connectivity index (χ0) is 29.5. The highest BCUT2D eigenvalue weighted by Gasteiger charge is 2.36. The highest BCUT2D eigenvalue weighted by molar-refractivity contribution is 6.07. The lowest BCUT2D eigenvalue weighted by atomic mass is 9.99. The zero-order valence-corrected chi connectivity index (χ0v) is 21.7. The molecule has 2 amide bonds. The molecule has 3 aromatic carbocycles. The number of halogens is 6. The number of primary amides is 1. The number of hydrogen-bond donors (Lipinski definition) is 2. The molecule has 0 aromatic heterocycles. The summed E-state index contributed by atoms with van der Waals surface area (Å²) in [6.07, 6.45) is -5.02. The summed E-state index contributed by atoms with van der Waals surface area (Å²) in [6.45, 7) is 4.72. The van der Waals surface area contributed by atoms with Crippen LogP contribution in [0.25, 0.3) is 11.1 Å². The zero-order valence-electron chi connectivity index (χ0n) is 21.7. The number of likely N-dealkylation sites (N-methyl/N-ethyl adjacent to an activating group) is 1. The Morgan fingerprint density at radius 2 is 1.55 bits per heavy atom. The van der Waals surface area contributed by atoms with Gasteiger partial charge in [0.1, 0.15) is 17.5 Å². The van der Waals surface area contributed by atoms with Gasteiger partial charge in [0.15, 0.2) is 0 Å². The van der Waals surface area contributed by atoms with Gasteiger partial charge in [0, 0.05) is 30.7 Å². The van der Waals surface area contributed by atoms with Crippen molar-refractivity contribution in [1.82, 2.24) is 4.90 Å². The van der Waals surface area contributed by atoms with E-state index in [0.29, 0.717) is 13.1 Å². The van der Waals surface area contributed by atoms with Gasteiger partial charge in [-0.15, -0.1) is 0 Å². The summed E-state index contributed by atoms with van der Waals surface area (Å²) in [5.74, 6) is -5.15. The Morgan fingerprint density at radius 3 is 2.15 bits per heavy atom. The maximum absolute atomic E-state index is 15.6. The second-order valence-corrected chi connectivity index (χ2v) is 9.82. The molecule has 1 fully saturated rings. The van der Waals surface area contributed by atoms with E-state index in [4.69, 9.17) is 5.73 Å². The molecule has 4 rings (SSSR count). The fourth-order valence-corrected chi connectivity index (χ4v) is 4.77. The molecule has 1 unspecified atom stereocenters. The normalized spacial score (nSPS) is 18.1. The third kappa shape index (κ3) is 5.76. The largest absolute Gasteiger partial charge is 0.417 e. The number of nitrogens with one attached hydrogen (secondary N) is 1. The molecule has 1 aliphatic heterocycles. The molecule has 0 aliphatic carbocycles. The smallest absolute Gasteiger partial charge is 0.367 e. The molecule has 12 heteroatoms. The number of nitrogens with zero attached hydrogens (tertiary/aromatic N) is 2. The third-order valence-corrected chi connectivity index (χ3v) is 7.11. The van der Waals surface area contributed by atoms with Gasteiger partial charge in [0.05, 0.1) is 28.1 Å². The van der Waals surface area contributed by atoms with Crippen molar-refractivity contribution in [3.63, 3.8) is 0 Å². The maximum atomic E-state index is 15.6. The monoisotopic (exact) mass is 564 g/mol. The number of piperazine rings is 1. The van der Waals surface area contributed by atoms with Crippen LogP contribution in [-0.4, -0.2) is 48.9 Å². The Bertz CT molecular complexity index is 1460. The van der Waals surface area contributed by atoms with E-state index in [9.17, 15) is 31.5 Å². The highest BCUT2D eigenvalue weighted by Crippen LogP contribution is 2.38. The first kappa shape index (κ1) is 28.9. The average Bonchev–Trinajstić information content (AvgIpc) is 2.87. The van der Waals surface area contributed by atoms with Crippen LogP contribution >= 0.6 is 0 Å². The van der Waals surface area contributed by atoms with Crippen LogP contribution in [0, 0.1) is 17.5 Å². The lowest BCUT2D eigenvalue weighted by Gasteiger charge is -2.44. The van der Waals surface area contributed by atoms with Gasteiger partial charge in [0.2, 0.25) is 0 Å².